The van der Waals surface area contributed by atoms with Crippen LogP contribution in [0.5, 0.6) is 0 Å². The lowest BCUT2D eigenvalue weighted by Crippen LogP contribution is -2.42. The minimum absolute atomic E-state index is 0.135. The van der Waals surface area contributed by atoms with E-state index in [0.29, 0.717) is 13.0 Å². The van der Waals surface area contributed by atoms with Crippen molar-refractivity contribution in [1.82, 2.24) is 5.32 Å². The Balaban J connectivity index is 2.19. The van der Waals surface area contributed by atoms with Gasteiger partial charge in [-0.25, -0.2) is 0 Å². The molecule has 0 aromatic rings. The topological polar surface area (TPSA) is 47.6 Å². The number of methoxy groups -OCH3 is 1. The molecule has 0 aliphatic carbocycles. The number of esters is 1. The summed E-state index contributed by atoms with van der Waals surface area (Å²) in [4.78, 5) is 10.8. The third-order valence-corrected chi connectivity index (χ3v) is 1.64. The molecule has 0 radical (unpaired) electrons. The number of rotatable bonds is 2. The molecule has 4 nitrogen and oxygen atoms in total. The van der Waals surface area contributed by atoms with Crippen molar-refractivity contribution in [3.63, 3.8) is 0 Å². The highest BCUT2D eigenvalue weighted by molar-refractivity contribution is 5.69. The zero-order chi connectivity index (χ0) is 8.10. The first kappa shape index (κ1) is 8.49. The van der Waals surface area contributed by atoms with Gasteiger partial charge < -0.3 is 14.8 Å². The highest BCUT2D eigenvalue weighted by atomic mass is 16.5. The smallest absolute Gasteiger partial charge is 0.307 e. The summed E-state index contributed by atoms with van der Waals surface area (Å²) in [6, 6.07) is 0.135. The van der Waals surface area contributed by atoms with Gasteiger partial charge in [0.1, 0.15) is 0 Å². The SMILES string of the molecule is COC(=O)CC1COCCN1. The third kappa shape index (κ3) is 2.86. The second-order valence-electron chi connectivity index (χ2n) is 2.51. The lowest BCUT2D eigenvalue weighted by atomic mass is 10.2. The van der Waals surface area contributed by atoms with Crippen LogP contribution >= 0.6 is 0 Å². The molecule has 11 heavy (non-hydrogen) atoms. The fraction of sp³-hybridized carbons (Fsp3) is 0.857. The van der Waals surface area contributed by atoms with Gasteiger partial charge in [-0.2, -0.15) is 0 Å². The van der Waals surface area contributed by atoms with E-state index < -0.39 is 0 Å². The molecule has 4 heteroatoms. The van der Waals surface area contributed by atoms with Crippen molar-refractivity contribution in [3.05, 3.63) is 0 Å². The molecule has 0 aromatic carbocycles. The van der Waals surface area contributed by atoms with Gasteiger partial charge in [0.05, 0.1) is 26.7 Å². The van der Waals surface area contributed by atoms with Crippen LogP contribution in [-0.4, -0.2) is 38.9 Å². The van der Waals surface area contributed by atoms with Crippen LogP contribution < -0.4 is 5.32 Å². The molecule has 0 bridgehead atoms. The van der Waals surface area contributed by atoms with Crippen molar-refractivity contribution < 1.29 is 14.3 Å². The highest BCUT2D eigenvalue weighted by Gasteiger charge is 2.16. The predicted molar refractivity (Wildman–Crippen MR) is 39.2 cm³/mol. The summed E-state index contributed by atoms with van der Waals surface area (Å²) in [5.41, 5.74) is 0. The van der Waals surface area contributed by atoms with Crippen molar-refractivity contribution in [1.29, 1.82) is 0 Å². The van der Waals surface area contributed by atoms with Crippen molar-refractivity contribution in [2.24, 2.45) is 0 Å². The summed E-state index contributed by atoms with van der Waals surface area (Å²) in [6.07, 6.45) is 0.399. The van der Waals surface area contributed by atoms with E-state index in [1.807, 2.05) is 0 Å². The van der Waals surface area contributed by atoms with Gasteiger partial charge in [0, 0.05) is 12.6 Å². The molecule has 1 atom stereocenters. The van der Waals surface area contributed by atoms with E-state index in [1.165, 1.54) is 7.11 Å². The Morgan fingerprint density at radius 2 is 2.64 bits per heavy atom. The van der Waals surface area contributed by atoms with Crippen LogP contribution in [0.4, 0.5) is 0 Å². The zero-order valence-corrected chi connectivity index (χ0v) is 6.63. The van der Waals surface area contributed by atoms with Crippen LogP contribution in [0.15, 0.2) is 0 Å². The monoisotopic (exact) mass is 159 g/mol. The fourth-order valence-corrected chi connectivity index (χ4v) is 1.04. The molecule has 1 N–H and O–H groups in total. The normalized spacial score (nSPS) is 24.6. The molecule has 1 saturated heterocycles. The molecule has 64 valence electrons. The average Bonchev–Trinajstić information content (AvgIpc) is 2.06. The van der Waals surface area contributed by atoms with Gasteiger partial charge in [-0.1, -0.05) is 0 Å². The van der Waals surface area contributed by atoms with Gasteiger partial charge in [0.15, 0.2) is 0 Å². The fourth-order valence-electron chi connectivity index (χ4n) is 1.04. The molecule has 0 amide bonds. The Morgan fingerprint density at radius 3 is 3.18 bits per heavy atom. The standard InChI is InChI=1S/C7H13NO3/c1-10-7(9)4-6-5-11-3-2-8-6/h6,8H,2-5H2,1H3. The number of hydrogen-bond donors (Lipinski definition) is 1. The number of morpholine rings is 1. The Hall–Kier alpha value is -0.610. The number of hydrogen-bond acceptors (Lipinski definition) is 4. The van der Waals surface area contributed by atoms with Crippen molar-refractivity contribution in [2.75, 3.05) is 26.9 Å². The molecular formula is C7H13NO3. The predicted octanol–water partition coefficient (Wildman–Crippen LogP) is -0.462. The first-order valence-electron chi connectivity index (χ1n) is 3.71. The van der Waals surface area contributed by atoms with E-state index in [2.05, 4.69) is 10.1 Å². The maximum atomic E-state index is 10.8. The summed E-state index contributed by atoms with van der Waals surface area (Å²) in [6.45, 7) is 2.16. The number of ether oxygens (including phenoxy) is 2. The van der Waals surface area contributed by atoms with Gasteiger partial charge in [-0.05, 0) is 0 Å². The van der Waals surface area contributed by atoms with E-state index in [9.17, 15) is 4.79 Å². The number of nitrogens with one attached hydrogen (secondary N) is 1. The maximum Gasteiger partial charge on any atom is 0.307 e. The van der Waals surface area contributed by atoms with Gasteiger partial charge in [-0.3, -0.25) is 4.79 Å². The van der Waals surface area contributed by atoms with Crippen molar-refractivity contribution >= 4 is 5.97 Å². The second-order valence-corrected chi connectivity index (χ2v) is 2.51. The summed E-state index contributed by atoms with van der Waals surface area (Å²) >= 11 is 0. The Morgan fingerprint density at radius 1 is 1.82 bits per heavy atom. The lowest BCUT2D eigenvalue weighted by Gasteiger charge is -2.22. The minimum Gasteiger partial charge on any atom is -0.469 e. The quantitative estimate of drug-likeness (QED) is 0.554. The van der Waals surface area contributed by atoms with Crippen LogP contribution in [0.2, 0.25) is 0 Å². The maximum absolute atomic E-state index is 10.8. The first-order valence-corrected chi connectivity index (χ1v) is 3.71. The molecule has 1 aliphatic rings. The zero-order valence-electron chi connectivity index (χ0n) is 6.63. The van der Waals surface area contributed by atoms with Gasteiger partial charge in [0.25, 0.3) is 0 Å². The Labute approximate surface area is 65.9 Å². The van der Waals surface area contributed by atoms with Crippen LogP contribution in [0.3, 0.4) is 0 Å². The van der Waals surface area contributed by atoms with Crippen LogP contribution in [0, 0.1) is 0 Å². The van der Waals surface area contributed by atoms with Crippen LogP contribution in [-0.2, 0) is 14.3 Å². The van der Waals surface area contributed by atoms with E-state index in [4.69, 9.17) is 4.74 Å². The van der Waals surface area contributed by atoms with Crippen LogP contribution in [0.1, 0.15) is 6.42 Å². The summed E-state index contributed by atoms with van der Waals surface area (Å²) in [5.74, 6) is -0.187. The van der Waals surface area contributed by atoms with E-state index in [-0.39, 0.29) is 12.0 Å². The molecular weight excluding hydrogens is 146 g/mol. The summed E-state index contributed by atoms with van der Waals surface area (Å²) in [7, 11) is 1.39. The summed E-state index contributed by atoms with van der Waals surface area (Å²) in [5, 5.41) is 3.16. The third-order valence-electron chi connectivity index (χ3n) is 1.64. The van der Waals surface area contributed by atoms with Crippen LogP contribution in [0.25, 0.3) is 0 Å². The van der Waals surface area contributed by atoms with Gasteiger partial charge in [-0.15, -0.1) is 0 Å². The van der Waals surface area contributed by atoms with Gasteiger partial charge >= 0.3 is 5.97 Å². The molecule has 0 spiro atoms. The van der Waals surface area contributed by atoms with E-state index in [1.54, 1.807) is 0 Å². The van der Waals surface area contributed by atoms with E-state index >= 15 is 0 Å². The molecule has 1 heterocycles. The average molecular weight is 159 g/mol. The number of carbonyl (C=O) groups is 1. The number of carbonyl (C=O) groups excluding carboxylic acids is 1. The molecule has 0 saturated carbocycles. The molecule has 1 rings (SSSR count). The largest absolute Gasteiger partial charge is 0.469 e. The van der Waals surface area contributed by atoms with Crippen molar-refractivity contribution in [2.45, 2.75) is 12.5 Å². The van der Waals surface area contributed by atoms with Gasteiger partial charge in [0.2, 0.25) is 0 Å². The Kier molecular flexibility index (Phi) is 3.32. The molecule has 1 aliphatic heterocycles. The Bertz CT molecular complexity index is 132. The van der Waals surface area contributed by atoms with E-state index in [0.717, 1.165) is 13.2 Å². The first-order chi connectivity index (χ1) is 5.33. The minimum atomic E-state index is -0.187. The highest BCUT2D eigenvalue weighted by Crippen LogP contribution is 1.98. The summed E-state index contributed by atoms with van der Waals surface area (Å²) < 4.78 is 9.68. The molecule has 0 aromatic heterocycles. The molecule has 1 unspecified atom stereocenters. The molecule has 1 fully saturated rings. The van der Waals surface area contributed by atoms with Crippen molar-refractivity contribution in [3.8, 4) is 0 Å². The second kappa shape index (κ2) is 4.31. The lowest BCUT2D eigenvalue weighted by molar-refractivity contribution is -0.141.